The fourth-order valence-electron chi connectivity index (χ4n) is 4.14. The largest absolute Gasteiger partial charge is 0.478 e. The van der Waals surface area contributed by atoms with Crippen molar-refractivity contribution in [2.45, 2.75) is 66.2 Å². The number of hydrogen-bond acceptors (Lipinski definition) is 2. The maximum absolute atomic E-state index is 14.1. The molecule has 0 aliphatic carbocycles. The molecule has 0 saturated heterocycles. The van der Waals surface area contributed by atoms with Crippen molar-refractivity contribution in [2.24, 2.45) is 5.92 Å². The van der Waals surface area contributed by atoms with Gasteiger partial charge in [0.25, 0.3) is 0 Å². The number of imidazole rings is 1. The third kappa shape index (κ3) is 5.62. The summed E-state index contributed by atoms with van der Waals surface area (Å²) in [6, 6.07) is 14.5. The molecule has 1 N–H and O–H groups in total. The predicted octanol–water partition coefficient (Wildman–Crippen LogP) is 5.92. The van der Waals surface area contributed by atoms with E-state index in [2.05, 4.69) is 20.8 Å². The molecule has 0 radical (unpaired) electrons. The van der Waals surface area contributed by atoms with Crippen LogP contribution in [0, 0.1) is 5.92 Å². The topological polar surface area (TPSA) is 64.2 Å². The molecule has 0 saturated carbocycles. The fourth-order valence-corrected chi connectivity index (χ4v) is 4.14. The van der Waals surface area contributed by atoms with Gasteiger partial charge < -0.3 is 5.11 Å². The highest BCUT2D eigenvalue weighted by Crippen LogP contribution is 2.25. The van der Waals surface area contributed by atoms with E-state index < -0.39 is 12.6 Å². The van der Waals surface area contributed by atoms with E-state index in [9.17, 15) is 19.1 Å². The van der Waals surface area contributed by atoms with Gasteiger partial charge in [0, 0.05) is 12.2 Å². The van der Waals surface area contributed by atoms with E-state index >= 15 is 0 Å². The quantitative estimate of drug-likeness (QED) is 0.393. The molecule has 0 fully saturated rings. The summed E-state index contributed by atoms with van der Waals surface area (Å²) < 4.78 is 17.4. The Morgan fingerprint density at radius 2 is 1.73 bits per heavy atom. The van der Waals surface area contributed by atoms with E-state index in [0.717, 1.165) is 36.1 Å². The first-order chi connectivity index (χ1) is 15.9. The molecule has 5 nitrogen and oxygen atoms in total. The second kappa shape index (κ2) is 11.1. The van der Waals surface area contributed by atoms with Crippen molar-refractivity contribution >= 4 is 5.97 Å². The highest BCUT2D eigenvalue weighted by atomic mass is 19.1. The van der Waals surface area contributed by atoms with Gasteiger partial charge in [-0.3, -0.25) is 9.13 Å². The first kappa shape index (κ1) is 24.5. The van der Waals surface area contributed by atoms with Gasteiger partial charge in [-0.1, -0.05) is 69.7 Å². The van der Waals surface area contributed by atoms with E-state index in [1.165, 1.54) is 0 Å². The third-order valence-corrected chi connectivity index (χ3v) is 6.03. The van der Waals surface area contributed by atoms with E-state index in [0.29, 0.717) is 36.7 Å². The fraction of sp³-hybridized carbons (Fsp3) is 0.407. The van der Waals surface area contributed by atoms with Gasteiger partial charge >= 0.3 is 11.7 Å². The highest BCUT2D eigenvalue weighted by Gasteiger charge is 2.20. The van der Waals surface area contributed by atoms with E-state index in [4.69, 9.17) is 0 Å². The van der Waals surface area contributed by atoms with Crippen LogP contribution >= 0.6 is 0 Å². The molecule has 3 aromatic rings. The van der Waals surface area contributed by atoms with Crippen LogP contribution in [-0.2, 0) is 26.2 Å². The van der Waals surface area contributed by atoms with Gasteiger partial charge in [0.15, 0.2) is 0 Å². The van der Waals surface area contributed by atoms with Gasteiger partial charge in [0.1, 0.15) is 6.67 Å². The standard InChI is InChI=1S/C27H33FN2O3/c1-4-5-10-24-25(17-28)29(16-15-19(2)3)27(33)30(24)18-20-11-13-21(14-12-20)22-8-6-7-9-23(22)26(31)32/h6-9,11-14,19H,4-5,10,15-18H2,1-3H3,(H,31,32). The number of hydrogen-bond donors (Lipinski definition) is 1. The Kier molecular flexibility index (Phi) is 8.26. The first-order valence-electron chi connectivity index (χ1n) is 11.7. The molecule has 0 spiro atoms. The Bertz CT molecular complexity index is 1140. The van der Waals surface area contributed by atoms with Crippen molar-refractivity contribution in [3.63, 3.8) is 0 Å². The summed E-state index contributed by atoms with van der Waals surface area (Å²) in [5, 5.41) is 9.47. The van der Waals surface area contributed by atoms with E-state index in [1.807, 2.05) is 30.3 Å². The Morgan fingerprint density at radius 1 is 1.03 bits per heavy atom. The SMILES string of the molecule is CCCCc1c(CF)n(CCC(C)C)c(=O)n1Cc1ccc(-c2ccccc2C(=O)O)cc1. The number of carboxylic acid groups (broad SMARTS) is 1. The second-order valence-corrected chi connectivity index (χ2v) is 8.88. The van der Waals surface area contributed by atoms with Crippen molar-refractivity contribution in [3.8, 4) is 11.1 Å². The lowest BCUT2D eigenvalue weighted by atomic mass is 9.99. The molecule has 0 aliphatic heterocycles. The summed E-state index contributed by atoms with van der Waals surface area (Å²) in [5.74, 6) is -0.545. The highest BCUT2D eigenvalue weighted by molar-refractivity contribution is 5.95. The molecule has 176 valence electrons. The zero-order chi connectivity index (χ0) is 24.0. The third-order valence-electron chi connectivity index (χ3n) is 6.03. The van der Waals surface area contributed by atoms with Crippen LogP contribution in [0.5, 0.6) is 0 Å². The molecule has 0 aliphatic rings. The number of aromatic carboxylic acids is 1. The monoisotopic (exact) mass is 452 g/mol. The molecule has 1 heterocycles. The number of aromatic nitrogens is 2. The normalized spacial score (nSPS) is 11.3. The molecular weight excluding hydrogens is 419 g/mol. The number of nitrogens with zero attached hydrogens (tertiary/aromatic N) is 2. The lowest BCUT2D eigenvalue weighted by molar-refractivity contribution is 0.0697. The molecular formula is C27H33FN2O3. The number of unbranched alkanes of at least 4 members (excludes halogenated alkanes) is 1. The average molecular weight is 453 g/mol. The van der Waals surface area contributed by atoms with Gasteiger partial charge in [-0.25, -0.2) is 14.0 Å². The Balaban J connectivity index is 1.95. The smallest absolute Gasteiger partial charge is 0.336 e. The van der Waals surface area contributed by atoms with Gasteiger partial charge in [0.05, 0.1) is 17.8 Å². The Morgan fingerprint density at radius 3 is 2.33 bits per heavy atom. The van der Waals surface area contributed by atoms with Gasteiger partial charge in [-0.2, -0.15) is 0 Å². The molecule has 0 bridgehead atoms. The molecule has 1 aromatic heterocycles. The van der Waals surface area contributed by atoms with Crippen LogP contribution in [0.25, 0.3) is 11.1 Å². The Hall–Kier alpha value is -3.15. The molecule has 33 heavy (non-hydrogen) atoms. The molecule has 0 atom stereocenters. The number of alkyl halides is 1. The minimum atomic E-state index is -0.969. The molecule has 2 aromatic carbocycles. The van der Waals surface area contributed by atoms with Crippen molar-refractivity contribution in [2.75, 3.05) is 0 Å². The Labute approximate surface area is 194 Å². The van der Waals surface area contributed by atoms with Crippen molar-refractivity contribution in [3.05, 3.63) is 81.5 Å². The van der Waals surface area contributed by atoms with Gasteiger partial charge in [-0.05, 0) is 47.9 Å². The minimum Gasteiger partial charge on any atom is -0.478 e. The van der Waals surface area contributed by atoms with Gasteiger partial charge in [-0.15, -0.1) is 0 Å². The van der Waals surface area contributed by atoms with Crippen LogP contribution in [0.2, 0.25) is 0 Å². The summed E-state index contributed by atoms with van der Waals surface area (Å²) >= 11 is 0. The number of carboxylic acids is 1. The van der Waals surface area contributed by atoms with Crippen molar-refractivity contribution < 1.29 is 14.3 Å². The summed E-state index contributed by atoms with van der Waals surface area (Å²) in [6.07, 6.45) is 3.35. The second-order valence-electron chi connectivity index (χ2n) is 8.88. The summed E-state index contributed by atoms with van der Waals surface area (Å²) in [6.45, 7) is 6.51. The van der Waals surface area contributed by atoms with Gasteiger partial charge in [0.2, 0.25) is 0 Å². The van der Waals surface area contributed by atoms with Crippen molar-refractivity contribution in [1.29, 1.82) is 0 Å². The van der Waals surface area contributed by atoms with Crippen LogP contribution in [0.4, 0.5) is 4.39 Å². The number of carbonyl (C=O) groups is 1. The van der Waals surface area contributed by atoms with Crippen LogP contribution < -0.4 is 5.69 Å². The zero-order valence-corrected chi connectivity index (χ0v) is 19.7. The lowest BCUT2D eigenvalue weighted by Crippen LogP contribution is -2.26. The number of benzene rings is 2. The summed E-state index contributed by atoms with van der Waals surface area (Å²) in [5.41, 5.74) is 3.74. The van der Waals surface area contributed by atoms with Crippen molar-refractivity contribution in [1.82, 2.24) is 9.13 Å². The summed E-state index contributed by atoms with van der Waals surface area (Å²) in [7, 11) is 0. The zero-order valence-electron chi connectivity index (χ0n) is 19.7. The number of rotatable bonds is 11. The minimum absolute atomic E-state index is 0.158. The van der Waals surface area contributed by atoms with E-state index in [1.54, 1.807) is 27.3 Å². The predicted molar refractivity (Wildman–Crippen MR) is 130 cm³/mol. The summed E-state index contributed by atoms with van der Waals surface area (Å²) in [4.78, 5) is 24.8. The maximum atomic E-state index is 14.1. The van der Waals surface area contributed by atoms with Crippen LogP contribution in [0.3, 0.4) is 0 Å². The molecule has 6 heteroatoms. The molecule has 0 amide bonds. The lowest BCUT2D eigenvalue weighted by Gasteiger charge is -2.10. The average Bonchev–Trinajstić information content (AvgIpc) is 3.06. The molecule has 3 rings (SSSR count). The van der Waals surface area contributed by atoms with Crippen LogP contribution in [0.1, 0.15) is 67.3 Å². The van der Waals surface area contributed by atoms with E-state index in [-0.39, 0.29) is 11.3 Å². The molecule has 0 unspecified atom stereocenters. The first-order valence-corrected chi connectivity index (χ1v) is 11.7. The maximum Gasteiger partial charge on any atom is 0.336 e. The number of halogens is 1. The van der Waals surface area contributed by atoms with Crippen LogP contribution in [-0.4, -0.2) is 20.2 Å². The van der Waals surface area contributed by atoms with Crippen LogP contribution in [0.15, 0.2) is 53.3 Å².